The highest BCUT2D eigenvalue weighted by atomic mass is 16.5. The lowest BCUT2D eigenvalue weighted by molar-refractivity contribution is 0.446. The molecule has 2 nitrogen and oxygen atoms in total. The molecular weight excluding hydrogens is 787 g/mol. The van der Waals surface area contributed by atoms with E-state index < -0.39 is 5.41 Å². The number of hydrogen-bond donors (Lipinski definition) is 0. The summed E-state index contributed by atoms with van der Waals surface area (Å²) >= 11 is 0. The van der Waals surface area contributed by atoms with Crippen molar-refractivity contribution in [1.29, 1.82) is 0 Å². The van der Waals surface area contributed by atoms with Crippen molar-refractivity contribution in [2.75, 3.05) is 4.90 Å². The maximum absolute atomic E-state index is 7.32. The third-order valence-electron chi connectivity index (χ3n) is 16.1. The van der Waals surface area contributed by atoms with Gasteiger partial charge < -0.3 is 9.64 Å². The Hall–Kier alpha value is -7.42. The lowest BCUT2D eigenvalue weighted by Crippen LogP contribution is -2.36. The fourth-order valence-corrected chi connectivity index (χ4v) is 13.1. The van der Waals surface area contributed by atoms with Crippen LogP contribution in [0.2, 0.25) is 0 Å². The summed E-state index contributed by atoms with van der Waals surface area (Å²) in [6, 6.07) is 68.7. The lowest BCUT2D eigenvalue weighted by Gasteiger charge is -2.42. The van der Waals surface area contributed by atoms with Crippen LogP contribution in [0, 0.1) is 0 Å². The molecule has 0 N–H and O–H groups in total. The van der Waals surface area contributed by atoms with Gasteiger partial charge in [-0.3, -0.25) is 0 Å². The maximum Gasteiger partial charge on any atom is 0.140 e. The molecule has 65 heavy (non-hydrogen) atoms. The van der Waals surface area contributed by atoms with E-state index >= 15 is 0 Å². The van der Waals surface area contributed by atoms with Gasteiger partial charge in [0.15, 0.2) is 0 Å². The van der Waals surface area contributed by atoms with Crippen LogP contribution in [0.25, 0.3) is 49.4 Å². The van der Waals surface area contributed by atoms with E-state index in [1.54, 1.807) is 0 Å². The zero-order chi connectivity index (χ0) is 43.4. The number of rotatable bonds is 3. The molecule has 1 unspecified atom stereocenters. The molecule has 0 radical (unpaired) electrons. The Kier molecular flexibility index (Phi) is 7.32. The van der Waals surface area contributed by atoms with Crippen molar-refractivity contribution in [3.8, 4) is 33.8 Å². The fourth-order valence-electron chi connectivity index (χ4n) is 13.1. The van der Waals surface area contributed by atoms with Gasteiger partial charge in [0.05, 0.1) is 11.5 Å². The predicted octanol–water partition coefficient (Wildman–Crippen LogP) is 16.0. The summed E-state index contributed by atoms with van der Waals surface area (Å²) in [5, 5.41) is 4.63. The highest BCUT2D eigenvalue weighted by Gasteiger charge is 2.54. The Morgan fingerprint density at radius 3 is 1.45 bits per heavy atom. The monoisotopic (exact) mass is 833 g/mol. The standard InChI is InChI=1S/C63H47NO/c1-61(2)49-23-12-9-20-44(49)46-32-30-40(36-55(46)61)64(41-31-33-47-45-21-10-13-24-50(45)62(3,4)56(47)37-41)57-27-15-26-52-58(57)48-22-11-14-25-51(48)63(52)53-34-28-38-16-5-7-18-42(38)59(53)65-60-43-19-8-6-17-39(43)29-35-54(60)63/h5-26,28-37,57H,27H2,1-4H3. The summed E-state index contributed by atoms with van der Waals surface area (Å²) in [4.78, 5) is 2.70. The van der Waals surface area contributed by atoms with E-state index in [4.69, 9.17) is 4.74 Å². The minimum atomic E-state index is -0.618. The molecule has 0 saturated heterocycles. The molecule has 4 aliphatic carbocycles. The molecule has 1 aliphatic heterocycles. The number of nitrogens with zero attached hydrogens (tertiary/aromatic N) is 1. The summed E-state index contributed by atoms with van der Waals surface area (Å²) < 4.78 is 7.32. The molecule has 0 bridgehead atoms. The summed E-state index contributed by atoms with van der Waals surface area (Å²) in [5.74, 6) is 1.90. The second kappa shape index (κ2) is 12.9. The van der Waals surface area contributed by atoms with Gasteiger partial charge in [-0.1, -0.05) is 198 Å². The second-order valence-electron chi connectivity index (χ2n) is 19.9. The van der Waals surface area contributed by atoms with E-state index in [9.17, 15) is 0 Å². The molecule has 9 aromatic rings. The highest BCUT2D eigenvalue weighted by Crippen LogP contribution is 2.65. The topological polar surface area (TPSA) is 12.5 Å². The van der Waals surface area contributed by atoms with Gasteiger partial charge in [-0.25, -0.2) is 0 Å². The van der Waals surface area contributed by atoms with Crippen molar-refractivity contribution in [3.63, 3.8) is 0 Å². The Morgan fingerprint density at radius 2 is 0.892 bits per heavy atom. The smallest absolute Gasteiger partial charge is 0.140 e. The Morgan fingerprint density at radius 1 is 0.431 bits per heavy atom. The van der Waals surface area contributed by atoms with E-state index in [1.165, 1.54) is 100 Å². The van der Waals surface area contributed by atoms with Gasteiger partial charge in [-0.2, -0.15) is 0 Å². The van der Waals surface area contributed by atoms with E-state index in [0.717, 1.165) is 28.7 Å². The van der Waals surface area contributed by atoms with Crippen molar-refractivity contribution in [1.82, 2.24) is 0 Å². The van der Waals surface area contributed by atoms with Gasteiger partial charge in [0.1, 0.15) is 11.5 Å². The van der Waals surface area contributed by atoms with E-state index in [-0.39, 0.29) is 16.9 Å². The first-order chi connectivity index (χ1) is 31.8. The summed E-state index contributed by atoms with van der Waals surface area (Å²) in [5.41, 5.74) is 20.2. The van der Waals surface area contributed by atoms with E-state index in [1.807, 2.05) is 0 Å². The first-order valence-corrected chi connectivity index (χ1v) is 23.3. The number of hydrogen-bond acceptors (Lipinski definition) is 2. The molecular formula is C63H47NO. The predicted molar refractivity (Wildman–Crippen MR) is 269 cm³/mol. The van der Waals surface area contributed by atoms with Crippen molar-refractivity contribution in [2.24, 2.45) is 0 Å². The average Bonchev–Trinajstić information content (AvgIpc) is 3.86. The number of anilines is 2. The molecule has 1 heterocycles. The van der Waals surface area contributed by atoms with Crippen molar-refractivity contribution in [3.05, 3.63) is 244 Å². The van der Waals surface area contributed by atoms with Crippen LogP contribution in [0.5, 0.6) is 11.5 Å². The van der Waals surface area contributed by atoms with Crippen LogP contribution in [-0.4, -0.2) is 6.04 Å². The molecule has 5 aliphatic rings. The van der Waals surface area contributed by atoms with Crippen molar-refractivity contribution in [2.45, 2.75) is 56.4 Å². The average molecular weight is 834 g/mol. The zero-order valence-electron chi connectivity index (χ0n) is 37.1. The number of allylic oxidation sites excluding steroid dienone is 2. The van der Waals surface area contributed by atoms with Crippen LogP contribution in [0.4, 0.5) is 11.4 Å². The van der Waals surface area contributed by atoms with Crippen LogP contribution in [0.3, 0.4) is 0 Å². The number of fused-ring (bicyclic) bond motifs is 18. The van der Waals surface area contributed by atoms with Crippen LogP contribution < -0.4 is 9.64 Å². The zero-order valence-corrected chi connectivity index (χ0v) is 37.1. The normalized spacial score (nSPS) is 18.0. The van der Waals surface area contributed by atoms with Crippen LogP contribution in [0.15, 0.2) is 200 Å². The number of ether oxygens (including phenoxy) is 1. The Labute approximate surface area is 380 Å². The van der Waals surface area contributed by atoms with Crippen LogP contribution in [-0.2, 0) is 16.2 Å². The van der Waals surface area contributed by atoms with E-state index in [2.05, 4.69) is 227 Å². The second-order valence-corrected chi connectivity index (χ2v) is 19.9. The van der Waals surface area contributed by atoms with Crippen LogP contribution >= 0.6 is 0 Å². The molecule has 0 fully saturated rings. The Balaban J connectivity index is 1.06. The SMILES string of the molecule is CC1(C)c2ccccc2-c2ccc(N(c3ccc4c(c3)C(C)(C)c3ccccc3-4)C3CC=CC4=C3c3ccccc3C43c4ccc5ccccc5c4Oc4c3ccc3ccccc43)cc21. The van der Waals surface area contributed by atoms with Crippen molar-refractivity contribution >= 4 is 38.5 Å². The molecule has 0 aromatic heterocycles. The van der Waals surface area contributed by atoms with Gasteiger partial charge >= 0.3 is 0 Å². The largest absolute Gasteiger partial charge is 0.455 e. The third-order valence-corrected chi connectivity index (χ3v) is 16.1. The molecule has 1 atom stereocenters. The summed E-state index contributed by atoms with van der Waals surface area (Å²) in [7, 11) is 0. The summed E-state index contributed by atoms with van der Waals surface area (Å²) in [6.07, 6.45) is 5.79. The summed E-state index contributed by atoms with van der Waals surface area (Å²) in [6.45, 7) is 9.59. The maximum atomic E-state index is 7.32. The molecule has 9 aromatic carbocycles. The molecule has 1 spiro atoms. The van der Waals surface area contributed by atoms with Crippen LogP contribution in [0.1, 0.15) is 78.6 Å². The van der Waals surface area contributed by atoms with Gasteiger partial charge in [0, 0.05) is 44.1 Å². The van der Waals surface area contributed by atoms with Gasteiger partial charge in [0.2, 0.25) is 0 Å². The molecule has 14 rings (SSSR count). The highest BCUT2D eigenvalue weighted by molar-refractivity contribution is 6.02. The minimum Gasteiger partial charge on any atom is -0.455 e. The molecule has 310 valence electrons. The third kappa shape index (κ3) is 4.69. The fraction of sp³-hybridized carbons (Fsp3) is 0.143. The first-order valence-electron chi connectivity index (χ1n) is 23.3. The molecule has 0 saturated carbocycles. The minimum absolute atomic E-state index is 0.0129. The van der Waals surface area contributed by atoms with E-state index in [0.29, 0.717) is 0 Å². The van der Waals surface area contributed by atoms with Crippen molar-refractivity contribution < 1.29 is 4.74 Å². The lowest BCUT2D eigenvalue weighted by atomic mass is 9.64. The Bertz CT molecular complexity index is 3440. The van der Waals surface area contributed by atoms with Gasteiger partial charge in [0.25, 0.3) is 0 Å². The first kappa shape index (κ1) is 37.0. The number of benzene rings is 9. The molecule has 2 heteroatoms. The van der Waals surface area contributed by atoms with Gasteiger partial charge in [-0.15, -0.1) is 0 Å². The molecule has 0 amide bonds. The quantitative estimate of drug-likeness (QED) is 0.176. The van der Waals surface area contributed by atoms with Gasteiger partial charge in [-0.05, 0) is 108 Å².